The number of fused-ring (bicyclic) bond motifs is 1. The van der Waals surface area contributed by atoms with Crippen LogP contribution in [0.15, 0.2) is 48.9 Å². The van der Waals surface area contributed by atoms with Gasteiger partial charge in [0.1, 0.15) is 0 Å². The van der Waals surface area contributed by atoms with Gasteiger partial charge in [-0.2, -0.15) is 26.3 Å². The monoisotopic (exact) mass is 553 g/mol. The maximum Gasteiger partial charge on any atom is 0.490 e. The Labute approximate surface area is 213 Å². The van der Waals surface area contributed by atoms with E-state index in [0.29, 0.717) is 12.5 Å². The quantitative estimate of drug-likeness (QED) is 0.519. The van der Waals surface area contributed by atoms with Crippen LogP contribution in [0.3, 0.4) is 0 Å². The molecule has 2 aliphatic rings. The lowest BCUT2D eigenvalue weighted by atomic mass is 9.82. The molecule has 0 bridgehead atoms. The molecule has 2 atom stereocenters. The number of halogens is 6. The second-order valence-corrected chi connectivity index (χ2v) is 8.53. The van der Waals surface area contributed by atoms with E-state index in [1.807, 2.05) is 24.5 Å². The number of carbonyl (C=O) groups is 2. The highest BCUT2D eigenvalue weighted by Crippen LogP contribution is 2.42. The summed E-state index contributed by atoms with van der Waals surface area (Å²) in [4.78, 5) is 28.9. The van der Waals surface area contributed by atoms with Crippen molar-refractivity contribution >= 4 is 11.9 Å². The van der Waals surface area contributed by atoms with Crippen LogP contribution in [0, 0.1) is 11.3 Å². The molecule has 0 aliphatic carbocycles. The van der Waals surface area contributed by atoms with Crippen LogP contribution in [0.1, 0.15) is 11.3 Å². The first-order valence-electron chi connectivity index (χ1n) is 11.0. The molecular weight excluding hydrogens is 528 g/mol. The van der Waals surface area contributed by atoms with E-state index in [0.717, 1.165) is 50.7 Å². The van der Waals surface area contributed by atoms with Gasteiger partial charge in [-0.25, -0.2) is 9.59 Å². The number of alkyl halides is 6. The zero-order valence-electron chi connectivity index (χ0n) is 19.8. The van der Waals surface area contributed by atoms with Crippen molar-refractivity contribution in [1.29, 1.82) is 0 Å². The van der Waals surface area contributed by atoms with Gasteiger partial charge in [-0.3, -0.25) is 14.9 Å². The summed E-state index contributed by atoms with van der Waals surface area (Å²) >= 11 is 0. The highest BCUT2D eigenvalue weighted by atomic mass is 19.4. The number of hydrogen-bond acceptors (Lipinski definition) is 7. The minimum absolute atomic E-state index is 0.122. The number of carboxylic acid groups (broad SMARTS) is 2. The molecular formula is C23H25F6N3O6. The number of aliphatic carboxylic acids is 2. The summed E-state index contributed by atoms with van der Waals surface area (Å²) in [6.07, 6.45) is -4.65. The molecule has 0 saturated carbocycles. The SMILES string of the molecule is O=C(O)C(F)(F)F.O=C(O)C(F)(F)F.c1ccc(CN2C[C@@H]3COC[C@]3(COCc3cccnc3)C2)nc1. The van der Waals surface area contributed by atoms with Crippen molar-refractivity contribution in [2.75, 3.05) is 32.9 Å². The van der Waals surface area contributed by atoms with Gasteiger partial charge in [-0.05, 0) is 23.8 Å². The summed E-state index contributed by atoms with van der Waals surface area (Å²) in [5.41, 5.74) is 2.37. The van der Waals surface area contributed by atoms with Gasteiger partial charge in [0.15, 0.2) is 0 Å². The van der Waals surface area contributed by atoms with Gasteiger partial charge < -0.3 is 19.7 Å². The summed E-state index contributed by atoms with van der Waals surface area (Å²) < 4.78 is 75.3. The van der Waals surface area contributed by atoms with Crippen molar-refractivity contribution in [3.8, 4) is 0 Å². The summed E-state index contributed by atoms with van der Waals surface area (Å²) in [5.74, 6) is -4.96. The predicted molar refractivity (Wildman–Crippen MR) is 118 cm³/mol. The smallest absolute Gasteiger partial charge is 0.475 e. The lowest BCUT2D eigenvalue weighted by Crippen LogP contribution is -2.35. The molecule has 2 fully saturated rings. The molecule has 15 heteroatoms. The maximum atomic E-state index is 10.6. The van der Waals surface area contributed by atoms with Crippen LogP contribution in [0.2, 0.25) is 0 Å². The summed E-state index contributed by atoms with van der Waals surface area (Å²) in [5, 5.41) is 14.2. The number of pyridine rings is 2. The average molecular weight is 553 g/mol. The predicted octanol–water partition coefficient (Wildman–Crippen LogP) is 3.41. The number of rotatable bonds is 6. The average Bonchev–Trinajstić information content (AvgIpc) is 3.36. The number of likely N-dealkylation sites (tertiary alicyclic amines) is 1. The molecule has 2 aromatic heterocycles. The fraction of sp³-hybridized carbons (Fsp3) is 0.478. The molecule has 0 spiro atoms. The van der Waals surface area contributed by atoms with Crippen molar-refractivity contribution in [1.82, 2.24) is 14.9 Å². The third-order valence-electron chi connectivity index (χ3n) is 5.57. The molecule has 0 aromatic carbocycles. The van der Waals surface area contributed by atoms with E-state index < -0.39 is 24.3 Å². The van der Waals surface area contributed by atoms with Gasteiger partial charge in [0, 0.05) is 49.6 Å². The van der Waals surface area contributed by atoms with Crippen LogP contribution in [0.4, 0.5) is 26.3 Å². The fourth-order valence-electron chi connectivity index (χ4n) is 3.84. The molecule has 4 heterocycles. The Morgan fingerprint density at radius 1 is 1.05 bits per heavy atom. The third kappa shape index (κ3) is 9.87. The molecule has 0 amide bonds. The van der Waals surface area contributed by atoms with Crippen molar-refractivity contribution in [2.24, 2.45) is 11.3 Å². The molecule has 9 nitrogen and oxygen atoms in total. The summed E-state index contributed by atoms with van der Waals surface area (Å²) in [6.45, 7) is 5.97. The molecule has 4 rings (SSSR count). The first-order valence-corrected chi connectivity index (χ1v) is 11.0. The lowest BCUT2D eigenvalue weighted by molar-refractivity contribution is -0.193. The zero-order valence-corrected chi connectivity index (χ0v) is 19.8. The second kappa shape index (κ2) is 13.5. The molecule has 2 aliphatic heterocycles. The third-order valence-corrected chi connectivity index (χ3v) is 5.57. The Kier molecular flexibility index (Phi) is 11.0. The Bertz CT molecular complexity index is 1000. The normalized spacial score (nSPS) is 20.9. The largest absolute Gasteiger partial charge is 0.490 e. The molecule has 2 saturated heterocycles. The Balaban J connectivity index is 0.000000301. The zero-order chi connectivity index (χ0) is 28.4. The lowest BCUT2D eigenvalue weighted by Gasteiger charge is -2.27. The maximum absolute atomic E-state index is 10.6. The molecule has 38 heavy (non-hydrogen) atoms. The minimum Gasteiger partial charge on any atom is -0.475 e. The topological polar surface area (TPSA) is 122 Å². The summed E-state index contributed by atoms with van der Waals surface area (Å²) in [7, 11) is 0. The van der Waals surface area contributed by atoms with E-state index >= 15 is 0 Å². The van der Waals surface area contributed by atoms with Crippen molar-refractivity contribution < 1.29 is 55.6 Å². The first kappa shape index (κ1) is 30.9. The van der Waals surface area contributed by atoms with E-state index in [1.54, 1.807) is 6.20 Å². The number of hydrogen-bond donors (Lipinski definition) is 2. The van der Waals surface area contributed by atoms with Crippen LogP contribution in [0.25, 0.3) is 0 Å². The van der Waals surface area contributed by atoms with Crippen LogP contribution < -0.4 is 0 Å². The second-order valence-electron chi connectivity index (χ2n) is 8.53. The van der Waals surface area contributed by atoms with Gasteiger partial charge in [-0.1, -0.05) is 12.1 Å². The highest BCUT2D eigenvalue weighted by Gasteiger charge is 2.50. The van der Waals surface area contributed by atoms with E-state index in [1.165, 1.54) is 0 Å². The van der Waals surface area contributed by atoms with Gasteiger partial charge in [0.05, 0.1) is 32.1 Å². The van der Waals surface area contributed by atoms with Crippen LogP contribution in [0.5, 0.6) is 0 Å². The molecule has 2 aromatic rings. The molecule has 0 unspecified atom stereocenters. The van der Waals surface area contributed by atoms with Gasteiger partial charge in [0.2, 0.25) is 0 Å². The Morgan fingerprint density at radius 3 is 2.24 bits per heavy atom. The first-order chi connectivity index (χ1) is 17.7. The Morgan fingerprint density at radius 2 is 1.71 bits per heavy atom. The number of ether oxygens (including phenoxy) is 2. The molecule has 2 N–H and O–H groups in total. The standard InChI is InChI=1S/C19H23N3O2.2C2HF3O2/c1-2-7-21-18(5-1)10-22-9-17-12-24-15-19(17,13-22)14-23-11-16-4-3-6-20-8-16;2*3-2(4,5)1(6)7/h1-8,17H,9-15H2;2*(H,6,7)/t17-,19-;;/m1../s1. The van der Waals surface area contributed by atoms with E-state index in [4.69, 9.17) is 29.3 Å². The van der Waals surface area contributed by atoms with Gasteiger partial charge >= 0.3 is 24.3 Å². The number of nitrogens with zero attached hydrogens (tertiary/aromatic N) is 3. The molecule has 0 radical (unpaired) electrons. The minimum atomic E-state index is -5.08. The number of aromatic nitrogens is 2. The van der Waals surface area contributed by atoms with Crippen molar-refractivity contribution in [3.63, 3.8) is 0 Å². The van der Waals surface area contributed by atoms with E-state index in [9.17, 15) is 26.3 Å². The fourth-order valence-corrected chi connectivity index (χ4v) is 3.84. The Hall–Kier alpha value is -3.30. The van der Waals surface area contributed by atoms with Crippen LogP contribution in [-0.4, -0.2) is 82.3 Å². The van der Waals surface area contributed by atoms with Crippen molar-refractivity contribution in [2.45, 2.75) is 25.5 Å². The van der Waals surface area contributed by atoms with Gasteiger partial charge in [-0.15, -0.1) is 0 Å². The highest BCUT2D eigenvalue weighted by molar-refractivity contribution is 5.73. The number of carboxylic acids is 2. The van der Waals surface area contributed by atoms with Gasteiger partial charge in [0.25, 0.3) is 0 Å². The summed E-state index contributed by atoms with van der Waals surface area (Å²) in [6, 6.07) is 10.1. The van der Waals surface area contributed by atoms with E-state index in [2.05, 4.69) is 33.1 Å². The van der Waals surface area contributed by atoms with Crippen molar-refractivity contribution in [3.05, 3.63) is 60.2 Å². The van der Waals surface area contributed by atoms with E-state index in [-0.39, 0.29) is 5.41 Å². The molecule has 210 valence electrons. The van der Waals surface area contributed by atoms with Crippen LogP contribution in [-0.2, 0) is 32.2 Å². The van der Waals surface area contributed by atoms with Crippen LogP contribution >= 0.6 is 0 Å².